The predicted octanol–water partition coefficient (Wildman–Crippen LogP) is 11.3. The van der Waals surface area contributed by atoms with Gasteiger partial charge >= 0.3 is 0 Å². The molecule has 0 aliphatic heterocycles. The van der Waals surface area contributed by atoms with Crippen molar-refractivity contribution in [3.05, 3.63) is 186 Å². The van der Waals surface area contributed by atoms with Crippen LogP contribution in [0, 0.1) is 5.92 Å². The summed E-state index contributed by atoms with van der Waals surface area (Å²) in [7, 11) is 0. The maximum absolute atomic E-state index is 2.49. The predicted molar refractivity (Wildman–Crippen MR) is 186 cm³/mol. The van der Waals surface area contributed by atoms with Crippen molar-refractivity contribution in [2.24, 2.45) is 5.92 Å². The molecule has 44 heavy (non-hydrogen) atoms. The van der Waals surface area contributed by atoms with Crippen LogP contribution in [-0.4, -0.2) is 0 Å². The number of nitrogens with zero attached hydrogens (tertiary/aromatic N) is 1. The summed E-state index contributed by atoms with van der Waals surface area (Å²) in [5, 5.41) is 0. The molecule has 4 aromatic carbocycles. The summed E-state index contributed by atoms with van der Waals surface area (Å²) < 4.78 is 0. The van der Waals surface area contributed by atoms with Crippen LogP contribution < -0.4 is 4.90 Å². The second kappa shape index (κ2) is 11.3. The molecule has 0 N–H and O–H groups in total. The normalized spacial score (nSPS) is 21.9. The second-order valence-corrected chi connectivity index (χ2v) is 12.3. The number of hydrogen-bond acceptors (Lipinski definition) is 1. The molecule has 8 rings (SSSR count). The maximum atomic E-state index is 2.49. The van der Waals surface area contributed by atoms with Crippen LogP contribution in [-0.2, 0) is 5.41 Å². The second-order valence-electron chi connectivity index (χ2n) is 12.3. The zero-order valence-electron chi connectivity index (χ0n) is 25.1. The summed E-state index contributed by atoms with van der Waals surface area (Å²) in [5.74, 6) is 0.421. The van der Waals surface area contributed by atoms with Crippen LogP contribution in [0.1, 0.15) is 43.2 Å². The minimum absolute atomic E-state index is 0.0884. The first-order chi connectivity index (χ1) is 21.8. The summed E-state index contributed by atoms with van der Waals surface area (Å²) >= 11 is 0. The van der Waals surface area contributed by atoms with E-state index in [1.807, 2.05) is 0 Å². The van der Waals surface area contributed by atoms with E-state index >= 15 is 0 Å². The van der Waals surface area contributed by atoms with Crippen molar-refractivity contribution in [3.63, 3.8) is 0 Å². The molecule has 0 saturated heterocycles. The summed E-state index contributed by atoms with van der Waals surface area (Å²) in [6.07, 6.45) is 24.4. The Morgan fingerprint density at radius 1 is 0.614 bits per heavy atom. The van der Waals surface area contributed by atoms with Gasteiger partial charge in [0.1, 0.15) is 0 Å². The van der Waals surface area contributed by atoms with Gasteiger partial charge in [0.15, 0.2) is 0 Å². The van der Waals surface area contributed by atoms with Crippen molar-refractivity contribution in [3.8, 4) is 11.1 Å². The molecule has 1 heteroatoms. The maximum Gasteiger partial charge on any atom is 0.0458 e. The number of anilines is 2. The standard InChI is InChI=1S/C43H37N/c1-4-14-32(15-5-1)33-24-28-37(29-25-33)44(36-18-8-3-9-19-36)38-30-26-35(27-31-38)43(34-16-6-2-7-17-34)41-22-12-10-20-39(41)40-21-11-13-23-42(40)43/h1-12,14-16,18-22,24-26,28-30,34H,13,17,23,27,31H2. The highest BCUT2D eigenvalue weighted by Crippen LogP contribution is 2.60. The summed E-state index contributed by atoms with van der Waals surface area (Å²) in [5.41, 5.74) is 13.7. The van der Waals surface area contributed by atoms with Crippen LogP contribution in [0.15, 0.2) is 175 Å². The van der Waals surface area contributed by atoms with E-state index in [4.69, 9.17) is 0 Å². The Kier molecular flexibility index (Phi) is 6.88. The largest absolute Gasteiger partial charge is 0.314 e. The molecule has 0 bridgehead atoms. The molecule has 0 amide bonds. The van der Waals surface area contributed by atoms with Crippen LogP contribution in [0.3, 0.4) is 0 Å². The molecule has 4 aliphatic rings. The Balaban J connectivity index is 1.24. The number of para-hydroxylation sites is 1. The number of fused-ring (bicyclic) bond motifs is 2. The lowest BCUT2D eigenvalue weighted by Crippen LogP contribution is -2.38. The molecule has 0 spiro atoms. The zero-order chi connectivity index (χ0) is 29.3. The zero-order valence-corrected chi connectivity index (χ0v) is 25.1. The van der Waals surface area contributed by atoms with Crippen LogP contribution in [0.25, 0.3) is 16.7 Å². The first-order valence-corrected chi connectivity index (χ1v) is 16.1. The minimum Gasteiger partial charge on any atom is -0.314 e. The molecule has 0 fully saturated rings. The number of hydrogen-bond donors (Lipinski definition) is 0. The van der Waals surface area contributed by atoms with E-state index < -0.39 is 0 Å². The van der Waals surface area contributed by atoms with Crippen LogP contribution in [0.2, 0.25) is 0 Å². The molecule has 0 heterocycles. The highest BCUT2D eigenvalue weighted by Gasteiger charge is 2.51. The summed E-state index contributed by atoms with van der Waals surface area (Å²) in [4.78, 5) is 2.45. The van der Waals surface area contributed by atoms with Crippen molar-refractivity contribution in [2.45, 2.75) is 37.5 Å². The van der Waals surface area contributed by atoms with E-state index in [2.05, 4.69) is 163 Å². The molecule has 2 unspecified atom stereocenters. The van der Waals surface area contributed by atoms with Gasteiger partial charge < -0.3 is 4.90 Å². The molecular formula is C43H37N. The van der Waals surface area contributed by atoms with Gasteiger partial charge in [-0.15, -0.1) is 0 Å². The average molecular weight is 568 g/mol. The third-order valence-corrected chi connectivity index (χ3v) is 9.99. The van der Waals surface area contributed by atoms with E-state index in [-0.39, 0.29) is 5.41 Å². The quantitative estimate of drug-likeness (QED) is 0.224. The lowest BCUT2D eigenvalue weighted by Gasteiger charge is -2.44. The van der Waals surface area contributed by atoms with E-state index in [0.717, 1.165) is 32.1 Å². The average Bonchev–Trinajstić information content (AvgIpc) is 3.41. The molecular weight excluding hydrogens is 530 g/mol. The first kappa shape index (κ1) is 26.7. The van der Waals surface area contributed by atoms with E-state index in [9.17, 15) is 0 Å². The molecule has 4 aliphatic carbocycles. The first-order valence-electron chi connectivity index (χ1n) is 16.1. The lowest BCUT2D eigenvalue weighted by atomic mass is 9.59. The highest BCUT2D eigenvalue weighted by atomic mass is 15.1. The van der Waals surface area contributed by atoms with Gasteiger partial charge in [0.2, 0.25) is 0 Å². The smallest absolute Gasteiger partial charge is 0.0458 e. The SMILES string of the molecule is C1=CCC(C2(C3=CC=C(N(c4ccccc4)c4ccc(-c5ccccc5)cc4)CC3)C3=C(C=CCC3)c3ccccc32)C=C1. The lowest BCUT2D eigenvalue weighted by molar-refractivity contribution is 0.414. The highest BCUT2D eigenvalue weighted by molar-refractivity contribution is 5.89. The monoisotopic (exact) mass is 567 g/mol. The van der Waals surface area contributed by atoms with Gasteiger partial charge in [-0.25, -0.2) is 0 Å². The van der Waals surface area contributed by atoms with Crippen molar-refractivity contribution in [1.82, 2.24) is 0 Å². The molecule has 214 valence electrons. The molecule has 0 saturated carbocycles. The molecule has 4 aromatic rings. The number of allylic oxidation sites excluding steroid dienone is 12. The van der Waals surface area contributed by atoms with E-state index in [0.29, 0.717) is 5.92 Å². The number of rotatable bonds is 6. The van der Waals surface area contributed by atoms with Crippen molar-refractivity contribution in [2.75, 3.05) is 4.90 Å². The Hall–Kier alpha value is -4.88. The third kappa shape index (κ3) is 4.38. The van der Waals surface area contributed by atoms with Gasteiger partial charge in [0, 0.05) is 22.5 Å². The van der Waals surface area contributed by atoms with Gasteiger partial charge in [0.25, 0.3) is 0 Å². The summed E-state index contributed by atoms with van der Waals surface area (Å²) in [6.45, 7) is 0. The van der Waals surface area contributed by atoms with Crippen molar-refractivity contribution in [1.29, 1.82) is 0 Å². The molecule has 0 radical (unpaired) electrons. The minimum atomic E-state index is -0.0884. The van der Waals surface area contributed by atoms with Crippen molar-refractivity contribution >= 4 is 16.9 Å². The summed E-state index contributed by atoms with van der Waals surface area (Å²) in [6, 6.07) is 39.8. The van der Waals surface area contributed by atoms with Gasteiger partial charge in [0.05, 0.1) is 0 Å². The topological polar surface area (TPSA) is 3.24 Å². The Morgan fingerprint density at radius 2 is 1.34 bits per heavy atom. The van der Waals surface area contributed by atoms with Crippen LogP contribution in [0.4, 0.5) is 11.4 Å². The van der Waals surface area contributed by atoms with Gasteiger partial charge in [-0.2, -0.15) is 0 Å². The van der Waals surface area contributed by atoms with Crippen LogP contribution >= 0.6 is 0 Å². The Labute approximate surface area is 261 Å². The van der Waals surface area contributed by atoms with Gasteiger partial charge in [-0.3, -0.25) is 0 Å². The van der Waals surface area contributed by atoms with Crippen LogP contribution in [0.5, 0.6) is 0 Å². The van der Waals surface area contributed by atoms with E-state index in [1.165, 1.54) is 44.9 Å². The van der Waals surface area contributed by atoms with E-state index in [1.54, 1.807) is 11.1 Å². The van der Waals surface area contributed by atoms with Gasteiger partial charge in [-0.05, 0) is 102 Å². The number of benzene rings is 4. The fraction of sp³-hybridized carbons (Fsp3) is 0.163. The fourth-order valence-corrected chi connectivity index (χ4v) is 8.11. The molecule has 0 aromatic heterocycles. The fourth-order valence-electron chi connectivity index (χ4n) is 8.11. The van der Waals surface area contributed by atoms with Gasteiger partial charge in [-0.1, -0.05) is 133 Å². The Bertz CT molecular complexity index is 1860. The molecule has 2 atom stereocenters. The Morgan fingerprint density at radius 3 is 2.09 bits per heavy atom. The third-order valence-electron chi connectivity index (χ3n) is 9.99. The van der Waals surface area contributed by atoms with Crippen molar-refractivity contribution < 1.29 is 0 Å². The molecule has 1 nitrogen and oxygen atoms in total.